The maximum atomic E-state index is 8.59. The number of anilines is 1. The van der Waals surface area contributed by atoms with Gasteiger partial charge >= 0.3 is 0 Å². The van der Waals surface area contributed by atoms with Gasteiger partial charge in [-0.15, -0.1) is 6.58 Å². The van der Waals surface area contributed by atoms with Gasteiger partial charge in [0.1, 0.15) is 5.82 Å². The van der Waals surface area contributed by atoms with Crippen LogP contribution in [-0.4, -0.2) is 22.4 Å². The van der Waals surface area contributed by atoms with Crippen LogP contribution in [0, 0.1) is 0 Å². The van der Waals surface area contributed by atoms with Crippen molar-refractivity contribution < 1.29 is 5.21 Å². The number of pyridine rings is 1. The van der Waals surface area contributed by atoms with Crippen molar-refractivity contribution in [3.8, 4) is 0 Å². The van der Waals surface area contributed by atoms with Gasteiger partial charge in [-0.25, -0.2) is 4.98 Å². The van der Waals surface area contributed by atoms with Gasteiger partial charge in [0.05, 0.1) is 5.71 Å². The normalized spacial score (nSPS) is 11.1. The van der Waals surface area contributed by atoms with Crippen LogP contribution in [0.5, 0.6) is 0 Å². The van der Waals surface area contributed by atoms with E-state index < -0.39 is 0 Å². The van der Waals surface area contributed by atoms with E-state index >= 15 is 0 Å². The molecule has 4 nitrogen and oxygen atoms in total. The fraction of sp³-hybridized carbons (Fsp3) is 0.200. The van der Waals surface area contributed by atoms with Crippen LogP contribution in [-0.2, 0) is 0 Å². The summed E-state index contributed by atoms with van der Waals surface area (Å²) in [6, 6.07) is 3.60. The Bertz CT molecular complexity index is 347. The molecule has 0 fully saturated rings. The molecule has 0 aromatic carbocycles. The Hall–Kier alpha value is -1.84. The summed E-state index contributed by atoms with van der Waals surface area (Å²) in [6.07, 6.45) is 3.41. The van der Waals surface area contributed by atoms with Gasteiger partial charge in [-0.1, -0.05) is 11.2 Å². The average Bonchev–Trinajstić information content (AvgIpc) is 2.25. The van der Waals surface area contributed by atoms with E-state index in [0.29, 0.717) is 12.3 Å². The van der Waals surface area contributed by atoms with Gasteiger partial charge in [0, 0.05) is 18.3 Å². The van der Waals surface area contributed by atoms with Crippen molar-refractivity contribution in [2.24, 2.45) is 5.16 Å². The van der Waals surface area contributed by atoms with Gasteiger partial charge in [-0.2, -0.15) is 0 Å². The molecule has 0 aliphatic carbocycles. The Morgan fingerprint density at radius 1 is 1.79 bits per heavy atom. The second kappa shape index (κ2) is 5.01. The molecule has 74 valence electrons. The van der Waals surface area contributed by atoms with Gasteiger partial charge in [0.25, 0.3) is 0 Å². The highest BCUT2D eigenvalue weighted by molar-refractivity contribution is 5.98. The van der Waals surface area contributed by atoms with Crippen molar-refractivity contribution in [3.63, 3.8) is 0 Å². The quantitative estimate of drug-likeness (QED) is 0.330. The van der Waals surface area contributed by atoms with Gasteiger partial charge in [0.2, 0.25) is 0 Å². The SMILES string of the molecule is C=CCNc1cc(/C(C)=N/O)ccn1. The summed E-state index contributed by atoms with van der Waals surface area (Å²) in [5.41, 5.74) is 1.41. The second-order valence-electron chi connectivity index (χ2n) is 2.78. The Labute approximate surface area is 83.0 Å². The fourth-order valence-electron chi connectivity index (χ4n) is 0.987. The summed E-state index contributed by atoms with van der Waals surface area (Å²) in [5.74, 6) is 0.741. The molecule has 1 heterocycles. The van der Waals surface area contributed by atoms with E-state index in [1.54, 1.807) is 25.3 Å². The largest absolute Gasteiger partial charge is 0.411 e. The molecule has 0 saturated carbocycles. The molecule has 1 aromatic rings. The molecule has 14 heavy (non-hydrogen) atoms. The van der Waals surface area contributed by atoms with E-state index in [2.05, 4.69) is 22.0 Å². The molecule has 0 amide bonds. The first kappa shape index (κ1) is 10.2. The molecule has 1 aromatic heterocycles. The summed E-state index contributed by atoms with van der Waals surface area (Å²) in [7, 11) is 0. The Morgan fingerprint density at radius 3 is 3.21 bits per heavy atom. The first-order valence-corrected chi connectivity index (χ1v) is 4.27. The number of oxime groups is 1. The van der Waals surface area contributed by atoms with Crippen LogP contribution in [0.4, 0.5) is 5.82 Å². The highest BCUT2D eigenvalue weighted by atomic mass is 16.4. The average molecular weight is 191 g/mol. The van der Waals surface area contributed by atoms with Gasteiger partial charge in [-0.05, 0) is 19.1 Å². The monoisotopic (exact) mass is 191 g/mol. The first-order valence-electron chi connectivity index (χ1n) is 4.27. The smallest absolute Gasteiger partial charge is 0.126 e. The molecule has 0 radical (unpaired) electrons. The molecule has 0 aliphatic heterocycles. The van der Waals surface area contributed by atoms with Crippen molar-refractivity contribution in [2.75, 3.05) is 11.9 Å². The van der Waals surface area contributed by atoms with E-state index in [9.17, 15) is 0 Å². The molecule has 0 unspecified atom stereocenters. The van der Waals surface area contributed by atoms with Crippen molar-refractivity contribution in [1.82, 2.24) is 4.98 Å². The molecule has 0 saturated heterocycles. The number of rotatable bonds is 4. The Morgan fingerprint density at radius 2 is 2.57 bits per heavy atom. The number of nitrogens with zero attached hydrogens (tertiary/aromatic N) is 2. The minimum absolute atomic E-state index is 0.564. The number of hydrogen-bond acceptors (Lipinski definition) is 4. The van der Waals surface area contributed by atoms with Crippen LogP contribution in [0.15, 0.2) is 36.1 Å². The molecule has 0 bridgehead atoms. The maximum absolute atomic E-state index is 8.59. The zero-order chi connectivity index (χ0) is 10.4. The maximum Gasteiger partial charge on any atom is 0.126 e. The van der Waals surface area contributed by atoms with Gasteiger partial charge in [0.15, 0.2) is 0 Å². The lowest BCUT2D eigenvalue weighted by molar-refractivity contribution is 0.319. The van der Waals surface area contributed by atoms with Crippen molar-refractivity contribution in [3.05, 3.63) is 36.5 Å². The first-order chi connectivity index (χ1) is 6.77. The third-order valence-corrected chi connectivity index (χ3v) is 1.76. The molecular weight excluding hydrogens is 178 g/mol. The van der Waals surface area contributed by atoms with Crippen molar-refractivity contribution in [2.45, 2.75) is 6.92 Å². The van der Waals surface area contributed by atoms with Crippen LogP contribution < -0.4 is 5.32 Å². The molecule has 4 heteroatoms. The van der Waals surface area contributed by atoms with E-state index in [4.69, 9.17) is 5.21 Å². The number of hydrogen-bond donors (Lipinski definition) is 2. The molecule has 1 rings (SSSR count). The Kier molecular flexibility index (Phi) is 3.67. The molecular formula is C10H13N3O. The van der Waals surface area contributed by atoms with Crippen LogP contribution in [0.2, 0.25) is 0 Å². The van der Waals surface area contributed by atoms with Crippen LogP contribution in [0.1, 0.15) is 12.5 Å². The zero-order valence-electron chi connectivity index (χ0n) is 8.07. The summed E-state index contributed by atoms with van der Waals surface area (Å²) >= 11 is 0. The van der Waals surface area contributed by atoms with E-state index in [1.807, 2.05) is 6.07 Å². The summed E-state index contributed by atoms with van der Waals surface area (Å²) in [4.78, 5) is 4.10. The topological polar surface area (TPSA) is 57.5 Å². The third kappa shape index (κ3) is 2.58. The zero-order valence-corrected chi connectivity index (χ0v) is 8.07. The van der Waals surface area contributed by atoms with Crippen LogP contribution >= 0.6 is 0 Å². The van der Waals surface area contributed by atoms with E-state index in [-0.39, 0.29) is 0 Å². The van der Waals surface area contributed by atoms with E-state index in [0.717, 1.165) is 11.4 Å². The predicted molar refractivity (Wildman–Crippen MR) is 56.9 cm³/mol. The standard InChI is InChI=1S/C10H13N3O/c1-3-5-11-10-7-9(4-6-12-10)8(2)13-14/h3-4,6-7,14H,1,5H2,2H3,(H,11,12)/b13-8+. The molecule has 0 atom stereocenters. The highest BCUT2D eigenvalue weighted by Crippen LogP contribution is 2.07. The Balaban J connectivity index is 2.83. The van der Waals surface area contributed by atoms with Gasteiger partial charge < -0.3 is 10.5 Å². The minimum atomic E-state index is 0.564. The third-order valence-electron chi connectivity index (χ3n) is 1.76. The lowest BCUT2D eigenvalue weighted by Crippen LogP contribution is -2.02. The number of aromatic nitrogens is 1. The van der Waals surface area contributed by atoms with Gasteiger partial charge in [-0.3, -0.25) is 0 Å². The lowest BCUT2D eigenvalue weighted by atomic mass is 10.2. The highest BCUT2D eigenvalue weighted by Gasteiger charge is 1.99. The second-order valence-corrected chi connectivity index (χ2v) is 2.78. The molecule has 0 aliphatic rings. The predicted octanol–water partition coefficient (Wildman–Crippen LogP) is 1.88. The molecule has 2 N–H and O–H groups in total. The summed E-state index contributed by atoms with van der Waals surface area (Å²) in [5, 5.41) is 14.8. The lowest BCUT2D eigenvalue weighted by Gasteiger charge is -2.03. The fourth-order valence-corrected chi connectivity index (χ4v) is 0.987. The summed E-state index contributed by atoms with van der Waals surface area (Å²) < 4.78 is 0. The molecule has 0 spiro atoms. The van der Waals surface area contributed by atoms with Crippen molar-refractivity contribution >= 4 is 11.5 Å². The minimum Gasteiger partial charge on any atom is -0.411 e. The van der Waals surface area contributed by atoms with Crippen LogP contribution in [0.3, 0.4) is 0 Å². The summed E-state index contributed by atoms with van der Waals surface area (Å²) in [6.45, 7) is 5.98. The number of nitrogens with one attached hydrogen (secondary N) is 1. The van der Waals surface area contributed by atoms with Crippen LogP contribution in [0.25, 0.3) is 0 Å². The van der Waals surface area contributed by atoms with E-state index in [1.165, 1.54) is 0 Å². The van der Waals surface area contributed by atoms with Crippen molar-refractivity contribution in [1.29, 1.82) is 0 Å².